The third kappa shape index (κ3) is 1.05. The van der Waals surface area contributed by atoms with Crippen molar-refractivity contribution < 1.29 is 0 Å². The number of fused-ring (bicyclic) bond motifs is 1. The number of aromatic nitrogens is 2. The van der Waals surface area contributed by atoms with E-state index in [0.29, 0.717) is 11.8 Å². The van der Waals surface area contributed by atoms with Crippen LogP contribution in [0.15, 0.2) is 6.20 Å². The molecule has 2 atom stereocenters. The van der Waals surface area contributed by atoms with E-state index in [0.717, 1.165) is 13.0 Å². The molecule has 66 valence electrons. The van der Waals surface area contributed by atoms with Gasteiger partial charge < -0.3 is 5.73 Å². The van der Waals surface area contributed by atoms with E-state index in [-0.39, 0.29) is 0 Å². The van der Waals surface area contributed by atoms with Crippen molar-refractivity contribution in [2.75, 3.05) is 6.54 Å². The van der Waals surface area contributed by atoms with Crippen LogP contribution in [0.4, 0.5) is 0 Å². The Morgan fingerprint density at radius 2 is 2.58 bits per heavy atom. The normalized spacial score (nSPS) is 28.5. The average Bonchev–Trinajstić information content (AvgIpc) is 2.52. The first-order valence-electron chi connectivity index (χ1n) is 4.55. The molecule has 0 radical (unpaired) electrons. The SMILES string of the molecule is CC1CCc2cn[nH]c2C1CN. The summed E-state index contributed by atoms with van der Waals surface area (Å²) >= 11 is 0. The van der Waals surface area contributed by atoms with Crippen LogP contribution < -0.4 is 5.73 Å². The summed E-state index contributed by atoms with van der Waals surface area (Å²) in [7, 11) is 0. The van der Waals surface area contributed by atoms with Crippen LogP contribution in [-0.2, 0) is 6.42 Å². The van der Waals surface area contributed by atoms with Gasteiger partial charge in [-0.1, -0.05) is 6.92 Å². The van der Waals surface area contributed by atoms with Gasteiger partial charge in [-0.15, -0.1) is 0 Å². The fourth-order valence-electron chi connectivity index (χ4n) is 2.06. The molecule has 3 nitrogen and oxygen atoms in total. The second-order valence-corrected chi connectivity index (χ2v) is 3.67. The number of H-pyrrole nitrogens is 1. The Balaban J connectivity index is 2.34. The van der Waals surface area contributed by atoms with Crippen LogP contribution >= 0.6 is 0 Å². The lowest BCUT2D eigenvalue weighted by Gasteiger charge is -2.26. The minimum absolute atomic E-state index is 0.497. The van der Waals surface area contributed by atoms with Gasteiger partial charge >= 0.3 is 0 Å². The number of nitrogens with one attached hydrogen (secondary N) is 1. The zero-order valence-corrected chi connectivity index (χ0v) is 7.38. The largest absolute Gasteiger partial charge is 0.330 e. The molecule has 2 rings (SSSR count). The lowest BCUT2D eigenvalue weighted by Crippen LogP contribution is -2.24. The molecule has 3 N–H and O–H groups in total. The smallest absolute Gasteiger partial charge is 0.0522 e. The summed E-state index contributed by atoms with van der Waals surface area (Å²) in [4.78, 5) is 0. The number of aromatic amines is 1. The fraction of sp³-hybridized carbons (Fsp3) is 0.667. The molecule has 0 bridgehead atoms. The van der Waals surface area contributed by atoms with Gasteiger partial charge in [0.25, 0.3) is 0 Å². The Morgan fingerprint density at radius 3 is 3.33 bits per heavy atom. The Labute approximate surface area is 72.4 Å². The van der Waals surface area contributed by atoms with Gasteiger partial charge in [-0.3, -0.25) is 5.10 Å². The zero-order valence-electron chi connectivity index (χ0n) is 7.38. The summed E-state index contributed by atoms with van der Waals surface area (Å²) in [5.41, 5.74) is 8.36. The molecule has 0 fully saturated rings. The molecule has 1 aromatic heterocycles. The number of nitrogens with two attached hydrogens (primary N) is 1. The van der Waals surface area contributed by atoms with Gasteiger partial charge in [0.05, 0.1) is 6.20 Å². The first kappa shape index (κ1) is 7.80. The third-order valence-electron chi connectivity index (χ3n) is 2.93. The van der Waals surface area contributed by atoms with E-state index in [1.165, 1.54) is 17.7 Å². The molecule has 0 saturated heterocycles. The Hall–Kier alpha value is -0.830. The molecule has 0 amide bonds. The number of nitrogens with zero attached hydrogens (tertiary/aromatic N) is 1. The second kappa shape index (κ2) is 2.90. The van der Waals surface area contributed by atoms with Crippen molar-refractivity contribution in [1.29, 1.82) is 0 Å². The number of hydrogen-bond donors (Lipinski definition) is 2. The Bertz CT molecular complexity index is 266. The highest BCUT2D eigenvalue weighted by molar-refractivity contribution is 5.24. The fourth-order valence-corrected chi connectivity index (χ4v) is 2.06. The lowest BCUT2D eigenvalue weighted by atomic mass is 9.80. The molecule has 12 heavy (non-hydrogen) atoms. The van der Waals surface area contributed by atoms with Gasteiger partial charge in [-0.2, -0.15) is 5.10 Å². The molecule has 2 unspecified atom stereocenters. The third-order valence-corrected chi connectivity index (χ3v) is 2.93. The van der Waals surface area contributed by atoms with Crippen LogP contribution in [0.1, 0.15) is 30.5 Å². The van der Waals surface area contributed by atoms with Crippen molar-refractivity contribution in [2.24, 2.45) is 11.7 Å². The van der Waals surface area contributed by atoms with Gasteiger partial charge in [0.15, 0.2) is 0 Å². The minimum atomic E-state index is 0.497. The number of hydrogen-bond acceptors (Lipinski definition) is 2. The summed E-state index contributed by atoms with van der Waals surface area (Å²) < 4.78 is 0. The maximum atomic E-state index is 5.72. The molecule has 1 aliphatic carbocycles. The predicted molar refractivity (Wildman–Crippen MR) is 47.9 cm³/mol. The van der Waals surface area contributed by atoms with Crippen molar-refractivity contribution in [1.82, 2.24) is 10.2 Å². The molecule has 1 aliphatic rings. The summed E-state index contributed by atoms with van der Waals surface area (Å²) in [6.45, 7) is 3.00. The molecule has 1 aromatic rings. The van der Waals surface area contributed by atoms with Crippen molar-refractivity contribution in [3.63, 3.8) is 0 Å². The van der Waals surface area contributed by atoms with E-state index in [2.05, 4.69) is 17.1 Å². The van der Waals surface area contributed by atoms with Crippen molar-refractivity contribution in [2.45, 2.75) is 25.7 Å². The number of rotatable bonds is 1. The summed E-state index contributed by atoms with van der Waals surface area (Å²) in [6.07, 6.45) is 4.34. The molecular weight excluding hydrogens is 150 g/mol. The van der Waals surface area contributed by atoms with Crippen LogP contribution in [0.5, 0.6) is 0 Å². The molecule has 0 spiro atoms. The zero-order chi connectivity index (χ0) is 8.55. The van der Waals surface area contributed by atoms with Gasteiger partial charge in [0.2, 0.25) is 0 Å². The van der Waals surface area contributed by atoms with E-state index in [9.17, 15) is 0 Å². The molecule has 1 heterocycles. The monoisotopic (exact) mass is 165 g/mol. The van der Waals surface area contributed by atoms with Crippen molar-refractivity contribution in [3.8, 4) is 0 Å². The van der Waals surface area contributed by atoms with Crippen molar-refractivity contribution >= 4 is 0 Å². The molecular formula is C9H15N3. The minimum Gasteiger partial charge on any atom is -0.330 e. The summed E-state index contributed by atoms with van der Waals surface area (Å²) in [5, 5.41) is 7.11. The first-order chi connectivity index (χ1) is 5.83. The maximum Gasteiger partial charge on any atom is 0.0522 e. The Morgan fingerprint density at radius 1 is 1.75 bits per heavy atom. The van der Waals surface area contributed by atoms with E-state index in [4.69, 9.17) is 5.73 Å². The van der Waals surface area contributed by atoms with Crippen LogP contribution in [0.25, 0.3) is 0 Å². The van der Waals surface area contributed by atoms with Crippen LogP contribution in [0, 0.1) is 5.92 Å². The highest BCUT2D eigenvalue weighted by atomic mass is 15.1. The highest BCUT2D eigenvalue weighted by Crippen LogP contribution is 2.33. The highest BCUT2D eigenvalue weighted by Gasteiger charge is 2.26. The number of aryl methyl sites for hydroxylation is 1. The van der Waals surface area contributed by atoms with Gasteiger partial charge in [0, 0.05) is 18.2 Å². The molecule has 0 aromatic carbocycles. The van der Waals surface area contributed by atoms with Crippen LogP contribution in [0.2, 0.25) is 0 Å². The molecule has 0 aliphatic heterocycles. The van der Waals surface area contributed by atoms with E-state index in [1.807, 2.05) is 6.20 Å². The van der Waals surface area contributed by atoms with E-state index < -0.39 is 0 Å². The summed E-state index contributed by atoms with van der Waals surface area (Å²) in [6, 6.07) is 0. The van der Waals surface area contributed by atoms with Gasteiger partial charge in [0.1, 0.15) is 0 Å². The predicted octanol–water partition coefficient (Wildman–Crippen LogP) is 1.03. The molecule has 0 saturated carbocycles. The van der Waals surface area contributed by atoms with Crippen LogP contribution in [0.3, 0.4) is 0 Å². The lowest BCUT2D eigenvalue weighted by molar-refractivity contribution is 0.402. The van der Waals surface area contributed by atoms with Crippen molar-refractivity contribution in [3.05, 3.63) is 17.5 Å². The Kier molecular flexibility index (Phi) is 1.89. The average molecular weight is 165 g/mol. The van der Waals surface area contributed by atoms with E-state index in [1.54, 1.807) is 0 Å². The molecule has 3 heteroatoms. The van der Waals surface area contributed by atoms with E-state index >= 15 is 0 Å². The topological polar surface area (TPSA) is 54.7 Å². The summed E-state index contributed by atoms with van der Waals surface area (Å²) in [5.74, 6) is 1.19. The van der Waals surface area contributed by atoms with Gasteiger partial charge in [-0.05, 0) is 24.3 Å². The standard InChI is InChI=1S/C9H15N3/c1-6-2-3-7-5-11-12-9(7)8(6)4-10/h5-6,8H,2-4,10H2,1H3,(H,11,12). The van der Waals surface area contributed by atoms with Crippen LogP contribution in [-0.4, -0.2) is 16.7 Å². The maximum absolute atomic E-state index is 5.72. The second-order valence-electron chi connectivity index (χ2n) is 3.67. The van der Waals surface area contributed by atoms with Gasteiger partial charge in [-0.25, -0.2) is 0 Å². The first-order valence-corrected chi connectivity index (χ1v) is 4.55. The quantitative estimate of drug-likeness (QED) is 0.653.